The monoisotopic (exact) mass is 199 g/mol. The minimum atomic E-state index is -0.367. The molecule has 0 bridgehead atoms. The van der Waals surface area contributed by atoms with Gasteiger partial charge in [0.25, 0.3) is 5.91 Å². The molecule has 0 aromatic rings. The third-order valence-electron chi connectivity index (χ3n) is 2.49. The lowest BCUT2D eigenvalue weighted by Crippen LogP contribution is -2.47. The topological polar surface area (TPSA) is 84.2 Å². The van der Waals surface area contributed by atoms with Crippen molar-refractivity contribution in [2.75, 3.05) is 6.54 Å². The lowest BCUT2D eigenvalue weighted by molar-refractivity contribution is -0.131. The first-order chi connectivity index (χ1) is 6.74. The van der Waals surface area contributed by atoms with Crippen molar-refractivity contribution in [1.29, 1.82) is 0 Å². The summed E-state index contributed by atoms with van der Waals surface area (Å²) in [5.41, 5.74) is 9.72. The van der Waals surface area contributed by atoms with Crippen LogP contribution < -0.4 is 16.6 Å². The zero-order valence-corrected chi connectivity index (χ0v) is 8.21. The van der Waals surface area contributed by atoms with E-state index < -0.39 is 0 Å². The van der Waals surface area contributed by atoms with Crippen LogP contribution in [0.2, 0.25) is 0 Å². The predicted octanol–water partition coefficient (Wildman–Crippen LogP) is -0.327. The number of amides is 2. The summed E-state index contributed by atoms with van der Waals surface area (Å²) in [4.78, 5) is 22.2. The minimum absolute atomic E-state index is 0.0572. The molecule has 1 aliphatic carbocycles. The van der Waals surface area contributed by atoms with Crippen molar-refractivity contribution in [3.05, 3.63) is 0 Å². The van der Waals surface area contributed by atoms with Crippen molar-refractivity contribution in [1.82, 2.24) is 10.9 Å². The molecule has 0 saturated heterocycles. The number of hydrogen-bond donors (Lipinski definition) is 3. The lowest BCUT2D eigenvalue weighted by atomic mass is 9.89. The smallest absolute Gasteiger partial charge is 0.252 e. The Kier molecular flexibility index (Phi) is 4.39. The number of rotatable bonds is 2. The first kappa shape index (κ1) is 11.0. The van der Waals surface area contributed by atoms with Crippen LogP contribution in [0.5, 0.6) is 0 Å². The molecule has 80 valence electrons. The Morgan fingerprint density at radius 2 is 1.79 bits per heavy atom. The van der Waals surface area contributed by atoms with Gasteiger partial charge in [-0.2, -0.15) is 0 Å². The molecule has 5 heteroatoms. The van der Waals surface area contributed by atoms with Gasteiger partial charge in [0.05, 0.1) is 6.54 Å². The van der Waals surface area contributed by atoms with Gasteiger partial charge in [-0.25, -0.2) is 0 Å². The molecule has 0 radical (unpaired) electrons. The van der Waals surface area contributed by atoms with E-state index in [1.54, 1.807) is 0 Å². The van der Waals surface area contributed by atoms with Gasteiger partial charge >= 0.3 is 0 Å². The van der Waals surface area contributed by atoms with E-state index in [0.29, 0.717) is 0 Å². The summed E-state index contributed by atoms with van der Waals surface area (Å²) in [6.45, 7) is -0.106. The molecule has 0 unspecified atom stereocenters. The molecule has 5 nitrogen and oxygen atoms in total. The highest BCUT2D eigenvalue weighted by Crippen LogP contribution is 2.23. The van der Waals surface area contributed by atoms with Crippen LogP contribution in [0, 0.1) is 5.92 Å². The molecule has 14 heavy (non-hydrogen) atoms. The number of carbonyl (C=O) groups excluding carboxylic acids is 2. The van der Waals surface area contributed by atoms with E-state index in [-0.39, 0.29) is 24.3 Å². The fourth-order valence-electron chi connectivity index (χ4n) is 1.65. The van der Waals surface area contributed by atoms with E-state index >= 15 is 0 Å². The largest absolute Gasteiger partial charge is 0.322 e. The molecule has 1 saturated carbocycles. The summed E-state index contributed by atoms with van der Waals surface area (Å²) in [6, 6.07) is 0. The molecule has 0 spiro atoms. The maximum absolute atomic E-state index is 11.5. The summed E-state index contributed by atoms with van der Waals surface area (Å²) in [5, 5.41) is 0. The third kappa shape index (κ3) is 3.33. The number of hydrogen-bond acceptors (Lipinski definition) is 3. The summed E-state index contributed by atoms with van der Waals surface area (Å²) in [5.74, 6) is -0.400. The Balaban J connectivity index is 2.23. The second-order valence-electron chi connectivity index (χ2n) is 3.58. The molecule has 0 aliphatic heterocycles. The molecular weight excluding hydrogens is 182 g/mol. The van der Waals surface area contributed by atoms with Gasteiger partial charge < -0.3 is 5.73 Å². The van der Waals surface area contributed by atoms with E-state index in [4.69, 9.17) is 5.73 Å². The molecule has 2 amide bonds. The summed E-state index contributed by atoms with van der Waals surface area (Å²) >= 11 is 0. The van der Waals surface area contributed by atoms with Crippen molar-refractivity contribution in [2.24, 2.45) is 11.7 Å². The van der Waals surface area contributed by atoms with Crippen LogP contribution in [0.3, 0.4) is 0 Å². The Hall–Kier alpha value is -1.10. The molecule has 1 fully saturated rings. The highest BCUT2D eigenvalue weighted by Gasteiger charge is 2.20. The molecule has 1 rings (SSSR count). The van der Waals surface area contributed by atoms with Crippen LogP contribution in [-0.4, -0.2) is 18.4 Å². The molecule has 1 aliphatic rings. The van der Waals surface area contributed by atoms with Gasteiger partial charge in [-0.15, -0.1) is 0 Å². The van der Waals surface area contributed by atoms with Crippen molar-refractivity contribution in [3.8, 4) is 0 Å². The van der Waals surface area contributed by atoms with Crippen LogP contribution in [0.1, 0.15) is 32.1 Å². The van der Waals surface area contributed by atoms with E-state index in [1.165, 1.54) is 6.42 Å². The van der Waals surface area contributed by atoms with Gasteiger partial charge in [0, 0.05) is 5.92 Å². The lowest BCUT2D eigenvalue weighted by Gasteiger charge is -2.20. The van der Waals surface area contributed by atoms with Gasteiger partial charge in [0.2, 0.25) is 5.91 Å². The van der Waals surface area contributed by atoms with Crippen LogP contribution in [-0.2, 0) is 9.59 Å². The van der Waals surface area contributed by atoms with Crippen molar-refractivity contribution in [2.45, 2.75) is 32.1 Å². The fourth-order valence-corrected chi connectivity index (χ4v) is 1.65. The summed E-state index contributed by atoms with van der Waals surface area (Å²) < 4.78 is 0. The quantitative estimate of drug-likeness (QED) is 0.532. The molecule has 0 aromatic heterocycles. The van der Waals surface area contributed by atoms with E-state index in [9.17, 15) is 9.59 Å². The summed E-state index contributed by atoms with van der Waals surface area (Å²) in [6.07, 6.45) is 5.25. The Labute approximate surface area is 83.4 Å². The van der Waals surface area contributed by atoms with Crippen LogP contribution in [0.15, 0.2) is 0 Å². The van der Waals surface area contributed by atoms with E-state index in [2.05, 4.69) is 10.9 Å². The number of nitrogens with two attached hydrogens (primary N) is 1. The van der Waals surface area contributed by atoms with E-state index in [0.717, 1.165) is 25.7 Å². The van der Waals surface area contributed by atoms with Crippen molar-refractivity contribution in [3.63, 3.8) is 0 Å². The Bertz CT molecular complexity index is 212. The van der Waals surface area contributed by atoms with Crippen LogP contribution in [0.4, 0.5) is 0 Å². The van der Waals surface area contributed by atoms with Crippen molar-refractivity contribution >= 4 is 11.8 Å². The molecule has 0 aromatic carbocycles. The Morgan fingerprint density at radius 3 is 2.36 bits per heavy atom. The third-order valence-corrected chi connectivity index (χ3v) is 2.49. The first-order valence-corrected chi connectivity index (χ1v) is 5.03. The highest BCUT2D eigenvalue weighted by molar-refractivity contribution is 5.84. The van der Waals surface area contributed by atoms with Crippen molar-refractivity contribution < 1.29 is 9.59 Å². The normalized spacial score (nSPS) is 17.5. The average Bonchev–Trinajstić information content (AvgIpc) is 2.26. The minimum Gasteiger partial charge on any atom is -0.322 e. The number of nitrogens with one attached hydrogen (secondary N) is 2. The second-order valence-corrected chi connectivity index (χ2v) is 3.58. The SMILES string of the molecule is NCC(=O)NNC(=O)C1CCCCC1. The standard InChI is InChI=1S/C9H17N3O2/c10-6-8(13)11-12-9(14)7-4-2-1-3-5-7/h7H,1-6,10H2,(H,11,13)(H,12,14). The second kappa shape index (κ2) is 5.59. The van der Waals surface area contributed by atoms with Gasteiger partial charge in [0.1, 0.15) is 0 Å². The van der Waals surface area contributed by atoms with Crippen LogP contribution >= 0.6 is 0 Å². The summed E-state index contributed by atoms with van der Waals surface area (Å²) in [7, 11) is 0. The first-order valence-electron chi connectivity index (χ1n) is 5.03. The fraction of sp³-hybridized carbons (Fsp3) is 0.778. The van der Waals surface area contributed by atoms with Gasteiger partial charge in [-0.3, -0.25) is 20.4 Å². The molecular formula is C9H17N3O2. The van der Waals surface area contributed by atoms with Crippen LogP contribution in [0.25, 0.3) is 0 Å². The van der Waals surface area contributed by atoms with Gasteiger partial charge in [-0.05, 0) is 12.8 Å². The average molecular weight is 199 g/mol. The molecule has 4 N–H and O–H groups in total. The van der Waals surface area contributed by atoms with Gasteiger partial charge in [0.15, 0.2) is 0 Å². The predicted molar refractivity (Wildman–Crippen MR) is 51.9 cm³/mol. The number of carbonyl (C=O) groups is 2. The molecule has 0 heterocycles. The maximum Gasteiger partial charge on any atom is 0.252 e. The zero-order valence-electron chi connectivity index (χ0n) is 8.21. The Morgan fingerprint density at radius 1 is 1.14 bits per heavy atom. The zero-order chi connectivity index (χ0) is 10.4. The maximum atomic E-state index is 11.5. The number of hydrazine groups is 1. The van der Waals surface area contributed by atoms with Gasteiger partial charge in [-0.1, -0.05) is 19.3 Å². The van der Waals surface area contributed by atoms with E-state index in [1.807, 2.05) is 0 Å². The highest BCUT2D eigenvalue weighted by atomic mass is 16.2. The molecule has 0 atom stereocenters.